The van der Waals surface area contributed by atoms with Crippen LogP contribution >= 0.6 is 0 Å². The Morgan fingerprint density at radius 2 is 1.75 bits per heavy atom. The molecule has 0 aromatic heterocycles. The molecule has 0 heterocycles. The Kier molecular flexibility index (Phi) is 5.74. The van der Waals surface area contributed by atoms with Gasteiger partial charge in [-0.1, -0.05) is 0 Å². The zero-order chi connectivity index (χ0) is 15.2. The van der Waals surface area contributed by atoms with Crippen molar-refractivity contribution in [2.24, 2.45) is 10.2 Å². The van der Waals surface area contributed by atoms with Gasteiger partial charge in [-0.2, -0.15) is 18.6 Å². The molecule has 1 N–H and O–H groups in total. The fourth-order valence-electron chi connectivity index (χ4n) is 1.24. The molecule has 0 fully saturated rings. The van der Waals surface area contributed by atoms with Crippen molar-refractivity contribution in [1.82, 2.24) is 0 Å². The van der Waals surface area contributed by atoms with E-state index >= 15 is 0 Å². The quantitative estimate of drug-likeness (QED) is 0.597. The van der Waals surface area contributed by atoms with Crippen molar-refractivity contribution in [3.63, 3.8) is 0 Å². The Hall–Kier alpha value is -1.36. The summed E-state index contributed by atoms with van der Waals surface area (Å²) >= 11 is 0. The van der Waals surface area contributed by atoms with Crippen LogP contribution in [0.3, 0.4) is 0 Å². The normalized spacial score (nSPS) is 12.9. The van der Waals surface area contributed by atoms with Crippen molar-refractivity contribution in [3.8, 4) is 0 Å². The van der Waals surface area contributed by atoms with Crippen LogP contribution < -0.4 is 0 Å². The first-order chi connectivity index (χ1) is 9.24. The van der Waals surface area contributed by atoms with E-state index in [9.17, 15) is 16.8 Å². The molecule has 0 atom stereocenters. The van der Waals surface area contributed by atoms with Crippen molar-refractivity contribution in [2.45, 2.75) is 11.8 Å². The topological polar surface area (TPSA) is 122 Å². The van der Waals surface area contributed by atoms with E-state index in [1.807, 2.05) is 6.92 Å². The highest BCUT2D eigenvalue weighted by atomic mass is 32.3. The lowest BCUT2D eigenvalue weighted by atomic mass is 10.3. The van der Waals surface area contributed by atoms with Gasteiger partial charge in [0.2, 0.25) is 0 Å². The number of nitrogens with zero attached hydrogens (tertiary/aromatic N) is 2. The molecule has 0 amide bonds. The highest BCUT2D eigenvalue weighted by Gasteiger charge is 2.16. The Labute approximate surface area is 117 Å². The second-order valence-electron chi connectivity index (χ2n) is 3.62. The predicted octanol–water partition coefficient (Wildman–Crippen LogP) is 1.38. The molecule has 10 heteroatoms. The summed E-state index contributed by atoms with van der Waals surface area (Å²) in [5.74, 6) is -0.567. The molecule has 0 aliphatic carbocycles. The van der Waals surface area contributed by atoms with Crippen LogP contribution in [0.25, 0.3) is 0 Å². The van der Waals surface area contributed by atoms with Gasteiger partial charge in [0.25, 0.3) is 0 Å². The summed E-state index contributed by atoms with van der Waals surface area (Å²) in [6.45, 7) is 1.68. The van der Waals surface area contributed by atoms with E-state index in [1.165, 1.54) is 24.3 Å². The summed E-state index contributed by atoms with van der Waals surface area (Å²) in [7, 11) is -8.33. The molecule has 1 rings (SSSR count). The number of benzene rings is 1. The molecule has 0 aliphatic rings. The summed E-state index contributed by atoms with van der Waals surface area (Å²) in [6.07, 6.45) is 0. The third-order valence-electron chi connectivity index (χ3n) is 2.11. The zero-order valence-corrected chi connectivity index (χ0v) is 12.3. The van der Waals surface area contributed by atoms with Gasteiger partial charge in [0, 0.05) is 0 Å². The van der Waals surface area contributed by atoms with E-state index in [1.54, 1.807) is 0 Å². The molecule has 0 aliphatic heterocycles. The Morgan fingerprint density at radius 1 is 1.15 bits per heavy atom. The fourth-order valence-corrected chi connectivity index (χ4v) is 2.73. The predicted molar refractivity (Wildman–Crippen MR) is 71.1 cm³/mol. The van der Waals surface area contributed by atoms with Gasteiger partial charge in [-0.05, 0) is 31.2 Å². The Bertz CT molecular complexity index is 664. The summed E-state index contributed by atoms with van der Waals surface area (Å²) in [5, 5.41) is 7.61. The summed E-state index contributed by atoms with van der Waals surface area (Å²) in [5.41, 5.74) is 0.514. The second-order valence-corrected chi connectivity index (χ2v) is 6.82. The molecule has 1 aromatic carbocycles. The third-order valence-corrected chi connectivity index (χ3v) is 4.27. The van der Waals surface area contributed by atoms with Crippen LogP contribution in [0.1, 0.15) is 6.92 Å². The molecule has 0 radical (unpaired) electrons. The SMILES string of the molecule is CCN=Nc1ccc(S(=O)(=O)CCOS(=O)(=O)O)cc1. The van der Waals surface area contributed by atoms with Crippen LogP contribution in [0.5, 0.6) is 0 Å². The van der Waals surface area contributed by atoms with Gasteiger partial charge in [0.05, 0.1) is 29.5 Å². The molecule has 112 valence electrons. The fraction of sp³-hybridized carbons (Fsp3) is 0.400. The molecule has 8 nitrogen and oxygen atoms in total. The van der Waals surface area contributed by atoms with Gasteiger partial charge < -0.3 is 0 Å². The molecular weight excluding hydrogens is 308 g/mol. The monoisotopic (exact) mass is 322 g/mol. The summed E-state index contributed by atoms with van der Waals surface area (Å²) < 4.78 is 56.6. The first-order valence-corrected chi connectivity index (χ1v) is 8.58. The smallest absolute Gasteiger partial charge is 0.264 e. The molecular formula is C10H14N2O6S2. The maximum absolute atomic E-state index is 11.8. The molecule has 0 unspecified atom stereocenters. The van der Waals surface area contributed by atoms with Crippen LogP contribution in [-0.2, 0) is 24.4 Å². The second kappa shape index (κ2) is 6.88. The van der Waals surface area contributed by atoms with Crippen molar-refractivity contribution < 1.29 is 25.6 Å². The van der Waals surface area contributed by atoms with E-state index in [-0.39, 0.29) is 4.90 Å². The first-order valence-electron chi connectivity index (χ1n) is 5.57. The maximum atomic E-state index is 11.8. The average Bonchev–Trinajstić information content (AvgIpc) is 2.35. The Balaban J connectivity index is 2.75. The van der Waals surface area contributed by atoms with E-state index in [4.69, 9.17) is 4.55 Å². The van der Waals surface area contributed by atoms with Gasteiger partial charge in [0.15, 0.2) is 9.84 Å². The van der Waals surface area contributed by atoms with Gasteiger partial charge >= 0.3 is 10.4 Å². The summed E-state index contributed by atoms with van der Waals surface area (Å²) in [6, 6.07) is 5.64. The van der Waals surface area contributed by atoms with E-state index in [2.05, 4.69) is 14.4 Å². The van der Waals surface area contributed by atoms with Crippen molar-refractivity contribution in [1.29, 1.82) is 0 Å². The highest BCUT2D eigenvalue weighted by Crippen LogP contribution is 2.18. The summed E-state index contributed by atoms with van der Waals surface area (Å²) in [4.78, 5) is 0.00638. The molecule has 0 saturated heterocycles. The van der Waals surface area contributed by atoms with E-state index < -0.39 is 32.6 Å². The van der Waals surface area contributed by atoms with Crippen molar-refractivity contribution >= 4 is 25.9 Å². The van der Waals surface area contributed by atoms with Gasteiger partial charge in [-0.15, -0.1) is 0 Å². The first kappa shape index (κ1) is 16.7. The molecule has 0 spiro atoms. The van der Waals surface area contributed by atoms with E-state index in [0.717, 1.165) is 0 Å². The van der Waals surface area contributed by atoms with Gasteiger partial charge in [-0.25, -0.2) is 12.6 Å². The van der Waals surface area contributed by atoms with Crippen LogP contribution in [0.4, 0.5) is 5.69 Å². The number of hydrogen-bond donors (Lipinski definition) is 1. The van der Waals surface area contributed by atoms with Crippen LogP contribution in [0.2, 0.25) is 0 Å². The van der Waals surface area contributed by atoms with Crippen molar-refractivity contribution in [3.05, 3.63) is 24.3 Å². The number of hydrogen-bond acceptors (Lipinski definition) is 7. The highest BCUT2D eigenvalue weighted by molar-refractivity contribution is 7.91. The lowest BCUT2D eigenvalue weighted by Crippen LogP contribution is -2.15. The molecule has 0 bridgehead atoms. The van der Waals surface area contributed by atoms with Gasteiger partial charge in [0.1, 0.15) is 0 Å². The minimum Gasteiger partial charge on any atom is -0.264 e. The molecule has 20 heavy (non-hydrogen) atoms. The van der Waals surface area contributed by atoms with E-state index in [0.29, 0.717) is 12.2 Å². The number of azo groups is 1. The largest absolute Gasteiger partial charge is 0.397 e. The van der Waals surface area contributed by atoms with Gasteiger partial charge in [-0.3, -0.25) is 4.55 Å². The number of sulfone groups is 1. The van der Waals surface area contributed by atoms with Crippen LogP contribution in [-0.4, -0.2) is 40.3 Å². The zero-order valence-electron chi connectivity index (χ0n) is 10.6. The minimum atomic E-state index is -4.64. The average molecular weight is 322 g/mol. The van der Waals surface area contributed by atoms with Crippen LogP contribution in [0, 0.1) is 0 Å². The molecule has 1 aromatic rings. The minimum absolute atomic E-state index is 0.00638. The van der Waals surface area contributed by atoms with Crippen LogP contribution in [0.15, 0.2) is 39.4 Å². The van der Waals surface area contributed by atoms with Crippen molar-refractivity contribution in [2.75, 3.05) is 18.9 Å². The maximum Gasteiger partial charge on any atom is 0.397 e. The Morgan fingerprint density at radius 3 is 2.25 bits per heavy atom. The standard InChI is InChI=1S/C10H14N2O6S2/c1-2-11-12-9-3-5-10(6-4-9)19(13,14)8-7-18-20(15,16)17/h3-6H,2,7-8H2,1H3,(H,15,16,17). The molecule has 0 saturated carbocycles. The lowest BCUT2D eigenvalue weighted by Gasteiger charge is -2.04. The third kappa shape index (κ3) is 5.74. The lowest BCUT2D eigenvalue weighted by molar-refractivity contribution is 0.284. The number of rotatable bonds is 7.